The summed E-state index contributed by atoms with van der Waals surface area (Å²) in [4.78, 5) is 14.5. The van der Waals surface area contributed by atoms with Crippen LogP contribution < -0.4 is 9.47 Å². The molecule has 0 aliphatic rings. The van der Waals surface area contributed by atoms with E-state index < -0.39 is 6.16 Å². The molecule has 4 aromatic carbocycles. The van der Waals surface area contributed by atoms with Gasteiger partial charge in [0.25, 0.3) is 0 Å². The molecule has 5 nitrogen and oxygen atoms in total. The van der Waals surface area contributed by atoms with E-state index in [0.717, 1.165) is 44.1 Å². The van der Waals surface area contributed by atoms with Crippen molar-refractivity contribution in [1.82, 2.24) is 4.98 Å². The minimum absolute atomic E-state index is 0.237. The third kappa shape index (κ3) is 5.07. The number of ether oxygens (including phenoxy) is 2. The van der Waals surface area contributed by atoms with E-state index in [1.165, 1.54) is 0 Å². The van der Waals surface area contributed by atoms with Gasteiger partial charge in [0, 0.05) is 21.4 Å². The highest BCUT2D eigenvalue weighted by molar-refractivity contribution is 6.32. The number of rotatable bonds is 8. The maximum absolute atomic E-state index is 11.4. The van der Waals surface area contributed by atoms with Crippen molar-refractivity contribution < 1.29 is 19.4 Å². The van der Waals surface area contributed by atoms with Crippen molar-refractivity contribution in [3.8, 4) is 11.6 Å². The number of benzene rings is 4. The number of carbonyl (C=O) groups is 1. The van der Waals surface area contributed by atoms with Crippen LogP contribution in [-0.2, 0) is 6.42 Å². The van der Waals surface area contributed by atoms with Crippen LogP contribution in [-0.4, -0.2) is 22.9 Å². The SMILES string of the molecule is O=C(O)Oc1[nH]c2c(/C=C/c3ccccc3Cl)cccc2c1CCCOc1cccc2ccccc12. The molecule has 0 aliphatic carbocycles. The number of halogens is 1. The molecule has 180 valence electrons. The first-order chi connectivity index (χ1) is 17.6. The molecule has 0 saturated heterocycles. The van der Waals surface area contributed by atoms with Gasteiger partial charge in [-0.3, -0.25) is 0 Å². The molecular formula is C30H24ClNO4. The van der Waals surface area contributed by atoms with Crippen LogP contribution >= 0.6 is 11.6 Å². The number of aryl methyl sites for hydroxylation is 1. The lowest BCUT2D eigenvalue weighted by atomic mass is 10.0. The average Bonchev–Trinajstić information content (AvgIpc) is 3.23. The Labute approximate surface area is 213 Å². The van der Waals surface area contributed by atoms with E-state index in [1.54, 1.807) is 0 Å². The van der Waals surface area contributed by atoms with Crippen molar-refractivity contribution in [1.29, 1.82) is 0 Å². The van der Waals surface area contributed by atoms with Crippen LogP contribution in [0.2, 0.25) is 5.02 Å². The Kier molecular flexibility index (Phi) is 6.92. The second kappa shape index (κ2) is 10.6. The molecule has 0 spiro atoms. The van der Waals surface area contributed by atoms with E-state index in [0.29, 0.717) is 24.5 Å². The molecule has 1 aromatic heterocycles. The molecule has 36 heavy (non-hydrogen) atoms. The monoisotopic (exact) mass is 497 g/mol. The van der Waals surface area contributed by atoms with Gasteiger partial charge in [-0.25, -0.2) is 4.79 Å². The standard InChI is InChI=1S/C30H24ClNO4/c31-26-15-4-2-9-21(26)17-18-22-11-5-13-24-25(29(32-28(22)24)36-30(33)34)14-7-19-35-27-16-6-10-20-8-1-3-12-23(20)27/h1-6,8-13,15-18,32H,7,14,19H2,(H,33,34)/b18-17+. The molecular weight excluding hydrogens is 474 g/mol. The average molecular weight is 498 g/mol. The summed E-state index contributed by atoms with van der Waals surface area (Å²) < 4.78 is 11.2. The number of aromatic amines is 1. The maximum atomic E-state index is 11.4. The van der Waals surface area contributed by atoms with Crippen LogP contribution in [0.25, 0.3) is 33.8 Å². The van der Waals surface area contributed by atoms with Crippen LogP contribution in [0, 0.1) is 0 Å². The van der Waals surface area contributed by atoms with Crippen molar-refractivity contribution in [3.05, 3.63) is 107 Å². The van der Waals surface area contributed by atoms with E-state index in [4.69, 9.17) is 21.1 Å². The third-order valence-electron chi connectivity index (χ3n) is 6.05. The first-order valence-electron chi connectivity index (χ1n) is 11.7. The van der Waals surface area contributed by atoms with Gasteiger partial charge in [-0.1, -0.05) is 96.5 Å². The first kappa shape index (κ1) is 23.5. The molecule has 0 unspecified atom stereocenters. The third-order valence-corrected chi connectivity index (χ3v) is 6.39. The highest BCUT2D eigenvalue weighted by atomic mass is 35.5. The van der Waals surface area contributed by atoms with Gasteiger partial charge in [0.1, 0.15) is 5.75 Å². The molecule has 5 rings (SSSR count). The number of fused-ring (bicyclic) bond motifs is 2. The topological polar surface area (TPSA) is 71.5 Å². The minimum Gasteiger partial charge on any atom is -0.493 e. The summed E-state index contributed by atoms with van der Waals surface area (Å²) in [6, 6.07) is 27.6. The number of carboxylic acid groups (broad SMARTS) is 1. The highest BCUT2D eigenvalue weighted by Crippen LogP contribution is 2.33. The summed E-state index contributed by atoms with van der Waals surface area (Å²) in [5.41, 5.74) is 3.42. The highest BCUT2D eigenvalue weighted by Gasteiger charge is 2.17. The fraction of sp³-hybridized carbons (Fsp3) is 0.100. The molecule has 1 heterocycles. The van der Waals surface area contributed by atoms with Gasteiger partial charge < -0.3 is 19.6 Å². The lowest BCUT2D eigenvalue weighted by Crippen LogP contribution is -2.06. The zero-order chi connectivity index (χ0) is 24.9. The van der Waals surface area contributed by atoms with Crippen molar-refractivity contribution in [2.75, 3.05) is 6.61 Å². The van der Waals surface area contributed by atoms with E-state index in [9.17, 15) is 9.90 Å². The zero-order valence-corrected chi connectivity index (χ0v) is 20.2. The van der Waals surface area contributed by atoms with Gasteiger partial charge in [-0.2, -0.15) is 0 Å². The van der Waals surface area contributed by atoms with Crippen LogP contribution in [0.4, 0.5) is 4.79 Å². The summed E-state index contributed by atoms with van der Waals surface area (Å²) in [7, 11) is 0. The van der Waals surface area contributed by atoms with E-state index in [1.807, 2.05) is 84.9 Å². The van der Waals surface area contributed by atoms with Crippen LogP contribution in [0.15, 0.2) is 84.9 Å². The van der Waals surface area contributed by atoms with Gasteiger partial charge >= 0.3 is 6.16 Å². The Bertz CT molecular complexity index is 1570. The molecule has 0 saturated carbocycles. The first-order valence-corrected chi connectivity index (χ1v) is 12.1. The van der Waals surface area contributed by atoms with Gasteiger partial charge in [-0.05, 0) is 41.5 Å². The fourth-order valence-corrected chi connectivity index (χ4v) is 4.58. The van der Waals surface area contributed by atoms with Crippen molar-refractivity contribution >= 4 is 51.6 Å². The summed E-state index contributed by atoms with van der Waals surface area (Å²) in [6.45, 7) is 0.485. The quantitative estimate of drug-likeness (QED) is 0.129. The summed E-state index contributed by atoms with van der Waals surface area (Å²) >= 11 is 6.29. The van der Waals surface area contributed by atoms with Crippen LogP contribution in [0.3, 0.4) is 0 Å². The van der Waals surface area contributed by atoms with Crippen molar-refractivity contribution in [2.45, 2.75) is 12.8 Å². The van der Waals surface area contributed by atoms with Gasteiger partial charge in [0.15, 0.2) is 0 Å². The molecule has 0 aliphatic heterocycles. The van der Waals surface area contributed by atoms with E-state index in [-0.39, 0.29) is 5.88 Å². The predicted octanol–water partition coefficient (Wildman–Crippen LogP) is 8.21. The maximum Gasteiger partial charge on any atom is 0.512 e. The number of hydrogen-bond donors (Lipinski definition) is 2. The number of hydrogen-bond acceptors (Lipinski definition) is 3. The van der Waals surface area contributed by atoms with Gasteiger partial charge in [0.05, 0.1) is 12.1 Å². The molecule has 0 radical (unpaired) electrons. The molecule has 0 atom stereocenters. The molecule has 0 fully saturated rings. The lowest BCUT2D eigenvalue weighted by molar-refractivity contribution is 0.142. The number of aromatic nitrogens is 1. The van der Waals surface area contributed by atoms with Crippen molar-refractivity contribution in [3.63, 3.8) is 0 Å². The number of H-pyrrole nitrogens is 1. The number of nitrogens with one attached hydrogen (secondary N) is 1. The second-order valence-corrected chi connectivity index (χ2v) is 8.76. The molecule has 0 bridgehead atoms. The molecule has 0 amide bonds. The lowest BCUT2D eigenvalue weighted by Gasteiger charge is -2.09. The van der Waals surface area contributed by atoms with E-state index >= 15 is 0 Å². The largest absolute Gasteiger partial charge is 0.512 e. The second-order valence-electron chi connectivity index (χ2n) is 8.35. The van der Waals surface area contributed by atoms with Crippen LogP contribution in [0.1, 0.15) is 23.1 Å². The Hall–Kier alpha value is -4.22. The smallest absolute Gasteiger partial charge is 0.493 e. The van der Waals surface area contributed by atoms with Crippen molar-refractivity contribution in [2.24, 2.45) is 0 Å². The molecule has 2 N–H and O–H groups in total. The molecule has 5 aromatic rings. The van der Waals surface area contributed by atoms with Gasteiger partial charge in [0.2, 0.25) is 5.88 Å². The molecule has 6 heteroatoms. The van der Waals surface area contributed by atoms with Gasteiger partial charge in [-0.15, -0.1) is 0 Å². The minimum atomic E-state index is -1.36. The Morgan fingerprint density at radius 1 is 0.861 bits per heavy atom. The predicted molar refractivity (Wildman–Crippen MR) is 145 cm³/mol. The Morgan fingerprint density at radius 3 is 2.42 bits per heavy atom. The summed E-state index contributed by atoms with van der Waals surface area (Å²) in [5.74, 6) is 1.07. The summed E-state index contributed by atoms with van der Waals surface area (Å²) in [5, 5.41) is 13.1. The zero-order valence-electron chi connectivity index (χ0n) is 19.4. The summed E-state index contributed by atoms with van der Waals surface area (Å²) in [6.07, 6.45) is 3.81. The number of para-hydroxylation sites is 1. The van der Waals surface area contributed by atoms with Crippen LogP contribution in [0.5, 0.6) is 11.6 Å². The van der Waals surface area contributed by atoms with E-state index in [2.05, 4.69) is 17.1 Å². The fourth-order valence-electron chi connectivity index (χ4n) is 4.38. The Morgan fingerprint density at radius 2 is 1.56 bits per heavy atom. The normalized spacial score (nSPS) is 11.4. The Balaban J connectivity index is 1.38.